The molecule has 0 aliphatic carbocycles. The second kappa shape index (κ2) is 4.98. The molecule has 1 aliphatic heterocycles. The van der Waals surface area contributed by atoms with Crippen LogP contribution in [0.3, 0.4) is 0 Å². The fourth-order valence-electron chi connectivity index (χ4n) is 1.85. The quantitative estimate of drug-likeness (QED) is 0.689. The summed E-state index contributed by atoms with van der Waals surface area (Å²) in [6.45, 7) is 3.55. The predicted molar refractivity (Wildman–Crippen MR) is 72.0 cm³/mol. The van der Waals surface area contributed by atoms with E-state index in [0.717, 1.165) is 4.90 Å². The third-order valence-corrected chi connectivity index (χ3v) is 3.80. The van der Waals surface area contributed by atoms with Gasteiger partial charge in [0.25, 0.3) is 5.91 Å². The van der Waals surface area contributed by atoms with E-state index in [9.17, 15) is 9.59 Å². The van der Waals surface area contributed by atoms with E-state index in [4.69, 9.17) is 23.2 Å². The lowest BCUT2D eigenvalue weighted by atomic mass is 9.99. The molecule has 2 rings (SSSR count). The zero-order valence-corrected chi connectivity index (χ0v) is 12.0. The Hall–Kier alpha value is -1.33. The Bertz CT molecular complexity index is 550. The molecule has 1 fully saturated rings. The van der Waals surface area contributed by atoms with Crippen molar-refractivity contribution in [3.8, 4) is 0 Å². The van der Waals surface area contributed by atoms with Crippen molar-refractivity contribution >= 4 is 35.1 Å². The Morgan fingerprint density at radius 1 is 1.37 bits per heavy atom. The summed E-state index contributed by atoms with van der Waals surface area (Å²) in [6.07, 6.45) is 0.519. The number of nitrogens with one attached hydrogen (secondary N) is 1. The van der Waals surface area contributed by atoms with Crippen LogP contribution in [0.4, 0.5) is 4.79 Å². The molecule has 1 aromatic rings. The van der Waals surface area contributed by atoms with Gasteiger partial charge in [-0.2, -0.15) is 0 Å². The van der Waals surface area contributed by atoms with E-state index in [2.05, 4.69) is 10.3 Å². The molecular weight excluding hydrogens is 289 g/mol. The minimum Gasteiger partial charge on any atom is -0.323 e. The summed E-state index contributed by atoms with van der Waals surface area (Å²) in [5.74, 6) is -0.280. The average Bonchev–Trinajstić information content (AvgIpc) is 2.58. The van der Waals surface area contributed by atoms with Gasteiger partial charge in [-0.3, -0.25) is 9.69 Å². The number of urea groups is 1. The molecule has 1 unspecified atom stereocenters. The highest BCUT2D eigenvalue weighted by Crippen LogP contribution is 2.25. The molecule has 1 N–H and O–H groups in total. The summed E-state index contributed by atoms with van der Waals surface area (Å²) in [7, 11) is 0. The van der Waals surface area contributed by atoms with Gasteiger partial charge in [-0.15, -0.1) is 0 Å². The van der Waals surface area contributed by atoms with Crippen LogP contribution in [0.15, 0.2) is 12.1 Å². The number of pyridine rings is 1. The van der Waals surface area contributed by atoms with Gasteiger partial charge in [0.05, 0.1) is 17.3 Å². The minimum absolute atomic E-state index is 0.0135. The van der Waals surface area contributed by atoms with Crippen LogP contribution in [0.5, 0.6) is 0 Å². The van der Waals surface area contributed by atoms with Crippen LogP contribution in [0.25, 0.3) is 0 Å². The van der Waals surface area contributed by atoms with E-state index in [1.165, 1.54) is 0 Å². The maximum absolute atomic E-state index is 12.2. The summed E-state index contributed by atoms with van der Waals surface area (Å²) in [4.78, 5) is 29.2. The van der Waals surface area contributed by atoms with Crippen molar-refractivity contribution < 1.29 is 9.59 Å². The zero-order valence-electron chi connectivity index (χ0n) is 10.5. The second-order valence-electron chi connectivity index (χ2n) is 4.57. The summed E-state index contributed by atoms with van der Waals surface area (Å²) in [5, 5.41) is 3.31. The molecule has 1 atom stereocenters. The van der Waals surface area contributed by atoms with Crippen LogP contribution < -0.4 is 5.32 Å². The van der Waals surface area contributed by atoms with E-state index in [-0.39, 0.29) is 17.6 Å². The Balaban J connectivity index is 2.27. The topological polar surface area (TPSA) is 62.3 Å². The highest BCUT2D eigenvalue weighted by Gasteiger charge is 2.46. The molecule has 0 bridgehead atoms. The molecule has 0 aromatic carbocycles. The first-order valence-corrected chi connectivity index (χ1v) is 6.58. The fourth-order valence-corrected chi connectivity index (χ4v) is 2.18. The number of imide groups is 1. The fraction of sp³-hybridized carbons (Fsp3) is 0.417. The third-order valence-electron chi connectivity index (χ3n) is 3.24. The van der Waals surface area contributed by atoms with Crippen molar-refractivity contribution in [2.75, 3.05) is 0 Å². The average molecular weight is 302 g/mol. The molecule has 3 amide bonds. The van der Waals surface area contributed by atoms with E-state index in [1.54, 1.807) is 19.1 Å². The molecule has 102 valence electrons. The summed E-state index contributed by atoms with van der Waals surface area (Å²) in [5.41, 5.74) is -0.458. The SMILES string of the molecule is CCC1(C)NC(=O)N(Cc2nc(Cl)ccc2Cl)C1=O. The first-order chi connectivity index (χ1) is 8.87. The highest BCUT2D eigenvalue weighted by molar-refractivity contribution is 6.32. The van der Waals surface area contributed by atoms with Crippen molar-refractivity contribution in [3.63, 3.8) is 0 Å². The second-order valence-corrected chi connectivity index (χ2v) is 5.36. The van der Waals surface area contributed by atoms with Crippen molar-refractivity contribution in [1.29, 1.82) is 0 Å². The van der Waals surface area contributed by atoms with Crippen LogP contribution in [-0.4, -0.2) is 27.4 Å². The van der Waals surface area contributed by atoms with Gasteiger partial charge < -0.3 is 5.32 Å². The van der Waals surface area contributed by atoms with Gasteiger partial charge >= 0.3 is 6.03 Å². The summed E-state index contributed by atoms with van der Waals surface area (Å²) >= 11 is 11.8. The van der Waals surface area contributed by atoms with Gasteiger partial charge in [0, 0.05) is 0 Å². The first-order valence-electron chi connectivity index (χ1n) is 5.82. The lowest BCUT2D eigenvalue weighted by molar-refractivity contribution is -0.131. The molecule has 0 spiro atoms. The Labute approximate surface area is 120 Å². The van der Waals surface area contributed by atoms with Crippen LogP contribution in [0, 0.1) is 0 Å². The van der Waals surface area contributed by atoms with Crippen molar-refractivity contribution in [3.05, 3.63) is 28.0 Å². The van der Waals surface area contributed by atoms with Crippen molar-refractivity contribution in [2.24, 2.45) is 0 Å². The van der Waals surface area contributed by atoms with Crippen LogP contribution >= 0.6 is 23.2 Å². The predicted octanol–water partition coefficient (Wildman–Crippen LogP) is 2.61. The first kappa shape index (κ1) is 14.1. The number of carbonyl (C=O) groups excluding carboxylic acids is 2. The monoisotopic (exact) mass is 301 g/mol. The summed E-state index contributed by atoms with van der Waals surface area (Å²) in [6, 6.07) is 2.70. The normalized spacial score (nSPS) is 22.8. The zero-order chi connectivity index (χ0) is 14.2. The van der Waals surface area contributed by atoms with E-state index < -0.39 is 11.6 Å². The summed E-state index contributed by atoms with van der Waals surface area (Å²) < 4.78 is 0. The van der Waals surface area contributed by atoms with E-state index in [1.807, 2.05) is 6.92 Å². The Morgan fingerprint density at radius 2 is 2.05 bits per heavy atom. The molecule has 1 saturated heterocycles. The number of aromatic nitrogens is 1. The van der Waals surface area contributed by atoms with Gasteiger partial charge in [0.2, 0.25) is 0 Å². The molecule has 7 heteroatoms. The highest BCUT2D eigenvalue weighted by atomic mass is 35.5. The number of hydrogen-bond donors (Lipinski definition) is 1. The molecular formula is C12H13Cl2N3O2. The number of amides is 3. The maximum atomic E-state index is 12.2. The lowest BCUT2D eigenvalue weighted by Crippen LogP contribution is -2.43. The van der Waals surface area contributed by atoms with Gasteiger partial charge in [0.15, 0.2) is 0 Å². The molecule has 0 radical (unpaired) electrons. The Morgan fingerprint density at radius 3 is 2.63 bits per heavy atom. The van der Waals surface area contributed by atoms with Crippen LogP contribution in [0.2, 0.25) is 10.2 Å². The van der Waals surface area contributed by atoms with Gasteiger partial charge in [-0.05, 0) is 25.5 Å². The molecule has 5 nitrogen and oxygen atoms in total. The minimum atomic E-state index is -0.859. The number of carbonyl (C=O) groups is 2. The number of hydrogen-bond acceptors (Lipinski definition) is 3. The molecule has 2 heterocycles. The van der Waals surface area contributed by atoms with Gasteiger partial charge in [-0.1, -0.05) is 30.1 Å². The van der Waals surface area contributed by atoms with Crippen molar-refractivity contribution in [1.82, 2.24) is 15.2 Å². The standard InChI is InChI=1S/C12H13Cl2N3O2/c1-3-12(2)10(18)17(11(19)16-12)6-8-7(13)4-5-9(14)15-8/h4-5H,3,6H2,1-2H3,(H,16,19). The van der Waals surface area contributed by atoms with Gasteiger partial charge in [0.1, 0.15) is 10.7 Å². The smallest absolute Gasteiger partial charge is 0.323 e. The van der Waals surface area contributed by atoms with Gasteiger partial charge in [-0.25, -0.2) is 9.78 Å². The van der Waals surface area contributed by atoms with E-state index >= 15 is 0 Å². The largest absolute Gasteiger partial charge is 0.325 e. The molecule has 0 saturated carbocycles. The number of rotatable bonds is 3. The third kappa shape index (κ3) is 2.53. The van der Waals surface area contributed by atoms with Crippen molar-refractivity contribution in [2.45, 2.75) is 32.4 Å². The lowest BCUT2D eigenvalue weighted by Gasteiger charge is -2.19. The number of halogens is 2. The Kier molecular flexibility index (Phi) is 3.69. The van der Waals surface area contributed by atoms with E-state index in [0.29, 0.717) is 17.1 Å². The number of nitrogens with zero attached hydrogens (tertiary/aromatic N) is 2. The van der Waals surface area contributed by atoms with Crippen LogP contribution in [-0.2, 0) is 11.3 Å². The molecule has 1 aromatic heterocycles. The maximum Gasteiger partial charge on any atom is 0.325 e. The van der Waals surface area contributed by atoms with Crippen LogP contribution in [0.1, 0.15) is 26.0 Å². The molecule has 1 aliphatic rings. The molecule has 19 heavy (non-hydrogen) atoms.